The zero-order valence-electron chi connectivity index (χ0n) is 12.3. The van der Waals surface area contributed by atoms with Gasteiger partial charge in [0.25, 0.3) is 0 Å². The summed E-state index contributed by atoms with van der Waals surface area (Å²) in [6.45, 7) is 2.11. The van der Waals surface area contributed by atoms with Crippen molar-refractivity contribution in [2.45, 2.75) is 13.0 Å². The van der Waals surface area contributed by atoms with E-state index in [1.807, 2.05) is 17.5 Å². The molecule has 0 unspecified atom stereocenters. The molecular formula is C14H20N4O2S. The van der Waals surface area contributed by atoms with E-state index in [2.05, 4.69) is 20.6 Å². The van der Waals surface area contributed by atoms with Crippen molar-refractivity contribution in [2.75, 3.05) is 27.3 Å². The third-order valence-corrected chi connectivity index (χ3v) is 3.62. The number of thiophene rings is 1. The van der Waals surface area contributed by atoms with Crippen LogP contribution in [0.4, 0.5) is 0 Å². The first-order valence-electron chi connectivity index (χ1n) is 6.75. The van der Waals surface area contributed by atoms with Gasteiger partial charge in [0.2, 0.25) is 5.89 Å². The minimum absolute atomic E-state index is 0.568. The molecule has 0 aliphatic heterocycles. The van der Waals surface area contributed by atoms with Gasteiger partial charge >= 0.3 is 0 Å². The first kappa shape index (κ1) is 15.5. The maximum absolute atomic E-state index is 5.47. The van der Waals surface area contributed by atoms with Gasteiger partial charge in [0.05, 0.1) is 17.1 Å². The average molecular weight is 308 g/mol. The summed E-state index contributed by atoms with van der Waals surface area (Å²) >= 11 is 1.61. The molecule has 0 spiro atoms. The number of rotatable bonds is 7. The Morgan fingerprint density at radius 1 is 1.48 bits per heavy atom. The molecular weight excluding hydrogens is 288 g/mol. The second-order valence-electron chi connectivity index (χ2n) is 4.32. The maximum Gasteiger partial charge on any atom is 0.236 e. The molecule has 0 radical (unpaired) electrons. The Kier molecular flexibility index (Phi) is 6.23. The zero-order valence-corrected chi connectivity index (χ0v) is 13.1. The Morgan fingerprint density at radius 2 is 2.38 bits per heavy atom. The van der Waals surface area contributed by atoms with Crippen LogP contribution in [0.1, 0.15) is 12.1 Å². The highest BCUT2D eigenvalue weighted by Gasteiger charge is 2.07. The van der Waals surface area contributed by atoms with Gasteiger partial charge in [0, 0.05) is 27.3 Å². The van der Waals surface area contributed by atoms with E-state index < -0.39 is 0 Å². The number of aromatic nitrogens is 1. The van der Waals surface area contributed by atoms with E-state index in [9.17, 15) is 0 Å². The number of hydrogen-bond donors (Lipinski definition) is 2. The third-order valence-electron chi connectivity index (χ3n) is 2.76. The van der Waals surface area contributed by atoms with Crippen LogP contribution in [0.3, 0.4) is 0 Å². The van der Waals surface area contributed by atoms with Crippen molar-refractivity contribution in [3.05, 3.63) is 29.5 Å². The van der Waals surface area contributed by atoms with Gasteiger partial charge in [-0.2, -0.15) is 0 Å². The van der Waals surface area contributed by atoms with E-state index in [4.69, 9.17) is 9.15 Å². The fraction of sp³-hybridized carbons (Fsp3) is 0.429. The van der Waals surface area contributed by atoms with Crippen LogP contribution in [0.2, 0.25) is 0 Å². The molecule has 0 saturated heterocycles. The van der Waals surface area contributed by atoms with Crippen molar-refractivity contribution in [2.24, 2.45) is 4.99 Å². The highest BCUT2D eigenvalue weighted by molar-refractivity contribution is 7.13. The van der Waals surface area contributed by atoms with Crippen LogP contribution >= 0.6 is 11.3 Å². The normalized spacial score (nSPS) is 11.6. The Hall–Kier alpha value is -1.86. The molecule has 0 atom stereocenters. The van der Waals surface area contributed by atoms with Crippen LogP contribution in [0.5, 0.6) is 0 Å². The molecule has 2 aromatic rings. The molecule has 2 rings (SSSR count). The Balaban J connectivity index is 1.79. The lowest BCUT2D eigenvalue weighted by Crippen LogP contribution is -2.37. The van der Waals surface area contributed by atoms with Crippen molar-refractivity contribution < 1.29 is 9.15 Å². The first-order chi connectivity index (χ1) is 10.3. The Labute approximate surface area is 128 Å². The fourth-order valence-electron chi connectivity index (χ4n) is 1.72. The smallest absolute Gasteiger partial charge is 0.236 e. The van der Waals surface area contributed by atoms with E-state index in [0.717, 1.165) is 36.1 Å². The number of methoxy groups -OCH3 is 1. The zero-order chi connectivity index (χ0) is 14.9. The predicted octanol–water partition coefficient (Wildman–Crippen LogP) is 2.10. The SMILES string of the molecule is CN=C(NCCCOC)NCc1coc(-c2cccs2)n1. The number of aliphatic imine (C=N–C) groups is 1. The molecule has 6 nitrogen and oxygen atoms in total. The van der Waals surface area contributed by atoms with Crippen LogP contribution in [0.15, 0.2) is 33.2 Å². The summed E-state index contributed by atoms with van der Waals surface area (Å²) in [7, 11) is 3.44. The lowest BCUT2D eigenvalue weighted by molar-refractivity contribution is 0.195. The summed E-state index contributed by atoms with van der Waals surface area (Å²) in [5, 5.41) is 8.41. The van der Waals surface area contributed by atoms with Gasteiger partial charge in [-0.15, -0.1) is 11.3 Å². The lowest BCUT2D eigenvalue weighted by atomic mass is 10.4. The van der Waals surface area contributed by atoms with Crippen LogP contribution in [-0.4, -0.2) is 38.3 Å². The second kappa shape index (κ2) is 8.43. The molecule has 2 heterocycles. The number of nitrogens with one attached hydrogen (secondary N) is 2. The van der Waals surface area contributed by atoms with Crippen molar-refractivity contribution in [3.63, 3.8) is 0 Å². The second-order valence-corrected chi connectivity index (χ2v) is 5.27. The quantitative estimate of drug-likeness (QED) is 0.466. The maximum atomic E-state index is 5.47. The summed E-state index contributed by atoms with van der Waals surface area (Å²) in [5.41, 5.74) is 0.846. The highest BCUT2D eigenvalue weighted by Crippen LogP contribution is 2.23. The molecule has 0 fully saturated rings. The molecule has 0 aliphatic rings. The predicted molar refractivity (Wildman–Crippen MR) is 84.5 cm³/mol. The number of guanidine groups is 1. The van der Waals surface area contributed by atoms with Gasteiger partial charge in [0.1, 0.15) is 6.26 Å². The van der Waals surface area contributed by atoms with Crippen LogP contribution < -0.4 is 10.6 Å². The molecule has 0 amide bonds. The summed E-state index contributed by atoms with van der Waals surface area (Å²) in [6.07, 6.45) is 2.60. The van der Waals surface area contributed by atoms with Gasteiger partial charge in [-0.05, 0) is 17.9 Å². The first-order valence-corrected chi connectivity index (χ1v) is 7.63. The lowest BCUT2D eigenvalue weighted by Gasteiger charge is -2.10. The van der Waals surface area contributed by atoms with Crippen LogP contribution in [0, 0.1) is 0 Å². The Morgan fingerprint density at radius 3 is 3.10 bits per heavy atom. The van der Waals surface area contributed by atoms with Crippen molar-refractivity contribution in [3.8, 4) is 10.8 Å². The topological polar surface area (TPSA) is 71.7 Å². The van der Waals surface area contributed by atoms with Gasteiger partial charge < -0.3 is 19.8 Å². The summed E-state index contributed by atoms with van der Waals surface area (Å²) in [6, 6.07) is 3.97. The molecule has 0 aromatic carbocycles. The summed E-state index contributed by atoms with van der Waals surface area (Å²) < 4.78 is 10.5. The Bertz CT molecular complexity index is 551. The van der Waals surface area contributed by atoms with Crippen LogP contribution in [0.25, 0.3) is 10.8 Å². The molecule has 21 heavy (non-hydrogen) atoms. The average Bonchev–Trinajstić information content (AvgIpc) is 3.17. The van der Waals surface area contributed by atoms with Gasteiger partial charge in [-0.25, -0.2) is 4.98 Å². The van der Waals surface area contributed by atoms with E-state index in [0.29, 0.717) is 12.4 Å². The van der Waals surface area contributed by atoms with E-state index in [1.54, 1.807) is 31.8 Å². The third kappa shape index (κ3) is 4.87. The fourth-order valence-corrected chi connectivity index (χ4v) is 2.38. The molecule has 114 valence electrons. The molecule has 2 N–H and O–H groups in total. The standard InChI is InChI=1S/C14H20N4O2S/c1-15-14(16-6-4-7-19-2)17-9-11-10-20-13(18-11)12-5-3-8-21-12/h3,5,8,10H,4,6-7,9H2,1-2H3,(H2,15,16,17). The number of ether oxygens (including phenoxy) is 1. The van der Waals surface area contributed by atoms with E-state index >= 15 is 0 Å². The van der Waals surface area contributed by atoms with E-state index in [-0.39, 0.29) is 0 Å². The largest absolute Gasteiger partial charge is 0.443 e. The van der Waals surface area contributed by atoms with Crippen molar-refractivity contribution >= 4 is 17.3 Å². The van der Waals surface area contributed by atoms with Gasteiger partial charge in [-0.1, -0.05) is 6.07 Å². The molecule has 0 bridgehead atoms. The molecule has 0 aliphatic carbocycles. The molecule has 2 aromatic heterocycles. The molecule has 0 saturated carbocycles. The van der Waals surface area contributed by atoms with Crippen molar-refractivity contribution in [1.82, 2.24) is 15.6 Å². The number of hydrogen-bond acceptors (Lipinski definition) is 5. The van der Waals surface area contributed by atoms with Gasteiger partial charge in [-0.3, -0.25) is 4.99 Å². The summed E-state index contributed by atoms with van der Waals surface area (Å²) in [5.74, 6) is 1.40. The number of nitrogens with zero attached hydrogens (tertiary/aromatic N) is 2. The van der Waals surface area contributed by atoms with E-state index in [1.165, 1.54) is 0 Å². The minimum Gasteiger partial charge on any atom is -0.443 e. The molecule has 7 heteroatoms. The van der Waals surface area contributed by atoms with Crippen LogP contribution in [-0.2, 0) is 11.3 Å². The monoisotopic (exact) mass is 308 g/mol. The highest BCUT2D eigenvalue weighted by atomic mass is 32.1. The van der Waals surface area contributed by atoms with Crippen molar-refractivity contribution in [1.29, 1.82) is 0 Å². The minimum atomic E-state index is 0.568. The number of oxazole rings is 1. The van der Waals surface area contributed by atoms with Gasteiger partial charge in [0.15, 0.2) is 5.96 Å². The summed E-state index contributed by atoms with van der Waals surface area (Å²) in [4.78, 5) is 9.63.